The zero-order valence-corrected chi connectivity index (χ0v) is 14.9. The lowest BCUT2D eigenvalue weighted by molar-refractivity contribution is -0.147. The van der Waals surface area contributed by atoms with Gasteiger partial charge in [-0.1, -0.05) is 36.4 Å². The molecule has 0 radical (unpaired) electrons. The molecule has 0 saturated carbocycles. The van der Waals surface area contributed by atoms with Crippen LogP contribution in [0.4, 0.5) is 0 Å². The highest BCUT2D eigenvalue weighted by Crippen LogP contribution is 2.10. The highest BCUT2D eigenvalue weighted by atomic mass is 32.1. The number of carbonyl (C=O) groups excluding carboxylic acids is 3. The van der Waals surface area contributed by atoms with Crippen LogP contribution in [0.3, 0.4) is 0 Å². The van der Waals surface area contributed by atoms with E-state index in [0.717, 1.165) is 5.56 Å². The van der Waals surface area contributed by atoms with Gasteiger partial charge in [-0.2, -0.15) is 0 Å². The Bertz CT molecular complexity index is 716. The normalized spacial score (nSPS) is 11.4. The maximum Gasteiger partial charge on any atom is 0.325 e. The number of methoxy groups -OCH3 is 1. The molecule has 0 unspecified atom stereocenters. The summed E-state index contributed by atoms with van der Waals surface area (Å²) < 4.78 is 4.67. The Labute approximate surface area is 150 Å². The molecule has 0 fully saturated rings. The number of benzene rings is 1. The predicted molar refractivity (Wildman–Crippen MR) is 95.1 cm³/mol. The molecule has 0 aliphatic carbocycles. The van der Waals surface area contributed by atoms with Gasteiger partial charge in [0.2, 0.25) is 5.91 Å². The molecule has 1 aromatic heterocycles. The van der Waals surface area contributed by atoms with E-state index in [1.54, 1.807) is 24.4 Å². The molecule has 7 heteroatoms. The molecule has 1 N–H and O–H groups in total. The summed E-state index contributed by atoms with van der Waals surface area (Å²) in [7, 11) is 1.27. The van der Waals surface area contributed by atoms with Crippen LogP contribution >= 0.6 is 11.3 Å². The average molecular weight is 360 g/mol. The van der Waals surface area contributed by atoms with Gasteiger partial charge >= 0.3 is 5.97 Å². The molecule has 1 heterocycles. The zero-order valence-electron chi connectivity index (χ0n) is 14.1. The van der Waals surface area contributed by atoms with Crippen molar-refractivity contribution in [1.29, 1.82) is 0 Å². The summed E-state index contributed by atoms with van der Waals surface area (Å²) >= 11 is 1.30. The van der Waals surface area contributed by atoms with Gasteiger partial charge in [0.15, 0.2) is 0 Å². The summed E-state index contributed by atoms with van der Waals surface area (Å²) in [5, 5.41) is 4.46. The first kappa shape index (κ1) is 18.7. The summed E-state index contributed by atoms with van der Waals surface area (Å²) in [4.78, 5) is 38.4. The third kappa shape index (κ3) is 5.42. The molecular formula is C18H20N2O4S. The Balaban J connectivity index is 2.07. The third-order valence-electron chi connectivity index (χ3n) is 3.54. The van der Waals surface area contributed by atoms with E-state index >= 15 is 0 Å². The van der Waals surface area contributed by atoms with Crippen molar-refractivity contribution in [2.75, 3.05) is 13.7 Å². The summed E-state index contributed by atoms with van der Waals surface area (Å²) in [6, 6.07) is 12.0. The average Bonchev–Trinajstić information content (AvgIpc) is 3.16. The minimum atomic E-state index is -0.761. The standard InChI is InChI=1S/C18H20N2O4S/c1-13(19-17(22)15-9-6-10-25-15)18(23)20(12-16(21)24-2)11-14-7-4-3-5-8-14/h3-10,13H,11-12H2,1-2H3,(H,19,22)/t13-/m0/s1. The summed E-state index contributed by atoms with van der Waals surface area (Å²) in [6.45, 7) is 1.68. The van der Waals surface area contributed by atoms with E-state index in [9.17, 15) is 14.4 Å². The van der Waals surface area contributed by atoms with Crippen LogP contribution in [-0.4, -0.2) is 42.4 Å². The topological polar surface area (TPSA) is 75.7 Å². The molecule has 0 saturated heterocycles. The van der Waals surface area contributed by atoms with Gasteiger partial charge in [0.05, 0.1) is 12.0 Å². The van der Waals surface area contributed by atoms with E-state index in [4.69, 9.17) is 0 Å². The van der Waals surface area contributed by atoms with Crippen molar-refractivity contribution in [3.63, 3.8) is 0 Å². The molecule has 1 atom stereocenters. The minimum absolute atomic E-state index is 0.177. The second-order valence-corrected chi connectivity index (χ2v) is 6.38. The number of thiophene rings is 1. The Morgan fingerprint density at radius 1 is 1.16 bits per heavy atom. The van der Waals surface area contributed by atoms with Crippen molar-refractivity contribution in [1.82, 2.24) is 10.2 Å². The highest BCUT2D eigenvalue weighted by Gasteiger charge is 2.25. The number of hydrogen-bond donors (Lipinski definition) is 1. The van der Waals surface area contributed by atoms with Crippen LogP contribution in [-0.2, 0) is 20.9 Å². The molecule has 25 heavy (non-hydrogen) atoms. The Kier molecular flexibility index (Phi) is 6.71. The number of rotatable bonds is 7. The van der Waals surface area contributed by atoms with E-state index in [1.165, 1.54) is 23.3 Å². The van der Waals surface area contributed by atoms with Gasteiger partial charge in [0.1, 0.15) is 12.6 Å². The maximum absolute atomic E-state index is 12.7. The van der Waals surface area contributed by atoms with Crippen molar-refractivity contribution in [2.45, 2.75) is 19.5 Å². The van der Waals surface area contributed by atoms with Crippen LogP contribution in [0.2, 0.25) is 0 Å². The van der Waals surface area contributed by atoms with E-state index in [2.05, 4.69) is 10.1 Å². The van der Waals surface area contributed by atoms with Crippen molar-refractivity contribution in [3.05, 3.63) is 58.3 Å². The van der Waals surface area contributed by atoms with Gasteiger partial charge in [-0.05, 0) is 23.9 Å². The Hall–Kier alpha value is -2.67. The first-order valence-electron chi connectivity index (χ1n) is 7.75. The zero-order chi connectivity index (χ0) is 18.2. The van der Waals surface area contributed by atoms with Crippen molar-refractivity contribution >= 4 is 29.1 Å². The van der Waals surface area contributed by atoms with E-state index < -0.39 is 12.0 Å². The second kappa shape index (κ2) is 8.98. The molecule has 6 nitrogen and oxygen atoms in total. The first-order chi connectivity index (χ1) is 12.0. The van der Waals surface area contributed by atoms with E-state index in [1.807, 2.05) is 30.3 Å². The quantitative estimate of drug-likeness (QED) is 0.767. The number of esters is 1. The first-order valence-corrected chi connectivity index (χ1v) is 8.63. The Morgan fingerprint density at radius 2 is 1.88 bits per heavy atom. The predicted octanol–water partition coefficient (Wildman–Crippen LogP) is 2.07. The lowest BCUT2D eigenvalue weighted by Gasteiger charge is -2.25. The van der Waals surface area contributed by atoms with Crippen molar-refractivity contribution in [2.24, 2.45) is 0 Å². The number of ether oxygens (including phenoxy) is 1. The van der Waals surface area contributed by atoms with Crippen LogP contribution in [0.15, 0.2) is 47.8 Å². The molecule has 132 valence electrons. The minimum Gasteiger partial charge on any atom is -0.468 e. The molecule has 0 aliphatic heterocycles. The van der Waals surface area contributed by atoms with Crippen molar-refractivity contribution < 1.29 is 19.1 Å². The van der Waals surface area contributed by atoms with E-state index in [-0.39, 0.29) is 24.9 Å². The van der Waals surface area contributed by atoms with E-state index in [0.29, 0.717) is 4.88 Å². The summed E-state index contributed by atoms with van der Waals surface area (Å²) in [6.07, 6.45) is 0. The fourth-order valence-electron chi connectivity index (χ4n) is 2.25. The van der Waals surface area contributed by atoms with Crippen LogP contribution < -0.4 is 5.32 Å². The van der Waals surface area contributed by atoms with Crippen LogP contribution in [0.25, 0.3) is 0 Å². The maximum atomic E-state index is 12.7. The van der Waals surface area contributed by atoms with Crippen LogP contribution in [0.5, 0.6) is 0 Å². The number of hydrogen-bond acceptors (Lipinski definition) is 5. The largest absolute Gasteiger partial charge is 0.468 e. The number of nitrogens with zero attached hydrogens (tertiary/aromatic N) is 1. The Morgan fingerprint density at radius 3 is 2.48 bits per heavy atom. The van der Waals surface area contributed by atoms with Gasteiger partial charge in [0, 0.05) is 6.54 Å². The van der Waals surface area contributed by atoms with Gasteiger partial charge in [-0.3, -0.25) is 14.4 Å². The summed E-state index contributed by atoms with van der Waals surface area (Å²) in [5.74, 6) is -1.17. The smallest absolute Gasteiger partial charge is 0.325 e. The SMILES string of the molecule is COC(=O)CN(Cc1ccccc1)C(=O)[C@H](C)NC(=O)c1cccs1. The fraction of sp³-hybridized carbons (Fsp3) is 0.278. The van der Waals surface area contributed by atoms with Gasteiger partial charge < -0.3 is 15.0 Å². The highest BCUT2D eigenvalue weighted by molar-refractivity contribution is 7.12. The molecule has 2 rings (SSSR count). The van der Waals surface area contributed by atoms with Gasteiger partial charge in [0.25, 0.3) is 5.91 Å². The van der Waals surface area contributed by atoms with Gasteiger partial charge in [-0.15, -0.1) is 11.3 Å². The lowest BCUT2D eigenvalue weighted by Crippen LogP contribution is -2.48. The molecule has 0 aliphatic rings. The monoisotopic (exact) mass is 360 g/mol. The van der Waals surface area contributed by atoms with Crippen LogP contribution in [0.1, 0.15) is 22.2 Å². The molecule has 1 aromatic carbocycles. The van der Waals surface area contributed by atoms with Crippen molar-refractivity contribution in [3.8, 4) is 0 Å². The molecule has 0 spiro atoms. The second-order valence-electron chi connectivity index (χ2n) is 5.43. The number of carbonyl (C=O) groups is 3. The van der Waals surface area contributed by atoms with Gasteiger partial charge in [-0.25, -0.2) is 0 Å². The lowest BCUT2D eigenvalue weighted by atomic mass is 10.2. The molecular weight excluding hydrogens is 340 g/mol. The number of amides is 2. The summed E-state index contributed by atoms with van der Waals surface area (Å²) in [5.41, 5.74) is 0.886. The third-order valence-corrected chi connectivity index (χ3v) is 4.41. The number of nitrogens with one attached hydrogen (secondary N) is 1. The fourth-order valence-corrected chi connectivity index (χ4v) is 2.87. The molecule has 2 amide bonds. The molecule has 2 aromatic rings. The van der Waals surface area contributed by atoms with Crippen LogP contribution in [0, 0.1) is 0 Å². The molecule has 0 bridgehead atoms.